The molecule has 0 atom stereocenters. The standard InChI is InChI=1S/C16H19FN4/c1-12-15(8-19-11-20-12)10-21-4-2-13(3-5-21)14-6-16(17)9-18-7-14/h6-9,11,13H,2-5,10H2,1H3. The van der Waals surface area contributed by atoms with Crippen LogP contribution in [0.1, 0.15) is 35.6 Å². The van der Waals surface area contributed by atoms with Gasteiger partial charge in [-0.2, -0.15) is 0 Å². The number of nitrogens with zero attached hydrogens (tertiary/aromatic N) is 4. The van der Waals surface area contributed by atoms with Gasteiger partial charge in [-0.1, -0.05) is 0 Å². The van der Waals surface area contributed by atoms with Crippen LogP contribution in [-0.2, 0) is 6.54 Å². The van der Waals surface area contributed by atoms with E-state index < -0.39 is 0 Å². The summed E-state index contributed by atoms with van der Waals surface area (Å²) >= 11 is 0. The highest BCUT2D eigenvalue weighted by molar-refractivity contribution is 5.17. The number of pyridine rings is 1. The van der Waals surface area contributed by atoms with Crippen molar-refractivity contribution in [1.29, 1.82) is 0 Å². The minimum atomic E-state index is -0.244. The van der Waals surface area contributed by atoms with Gasteiger partial charge < -0.3 is 0 Å². The molecule has 1 aliphatic heterocycles. The quantitative estimate of drug-likeness (QED) is 0.870. The van der Waals surface area contributed by atoms with E-state index in [0.717, 1.165) is 43.7 Å². The molecule has 1 fully saturated rings. The minimum absolute atomic E-state index is 0.244. The highest BCUT2D eigenvalue weighted by Gasteiger charge is 2.21. The summed E-state index contributed by atoms with van der Waals surface area (Å²) in [7, 11) is 0. The second kappa shape index (κ2) is 6.26. The van der Waals surface area contributed by atoms with Crippen LogP contribution in [0.25, 0.3) is 0 Å². The average Bonchev–Trinajstić information content (AvgIpc) is 2.50. The second-order valence-corrected chi connectivity index (χ2v) is 5.62. The Bertz CT molecular complexity index is 609. The molecule has 0 aliphatic carbocycles. The molecule has 4 nitrogen and oxygen atoms in total. The zero-order valence-corrected chi connectivity index (χ0v) is 12.2. The van der Waals surface area contributed by atoms with E-state index in [4.69, 9.17) is 0 Å². The number of hydrogen-bond acceptors (Lipinski definition) is 4. The lowest BCUT2D eigenvalue weighted by Crippen LogP contribution is -2.32. The lowest BCUT2D eigenvalue weighted by molar-refractivity contribution is 0.203. The number of hydrogen-bond donors (Lipinski definition) is 0. The van der Waals surface area contributed by atoms with Crippen molar-refractivity contribution in [2.75, 3.05) is 13.1 Å². The minimum Gasteiger partial charge on any atom is -0.299 e. The van der Waals surface area contributed by atoms with Crippen molar-refractivity contribution < 1.29 is 4.39 Å². The molecule has 2 aromatic heterocycles. The van der Waals surface area contributed by atoms with Gasteiger partial charge in [0.05, 0.1) is 6.20 Å². The molecule has 0 amide bonds. The normalized spacial score (nSPS) is 17.0. The molecule has 0 radical (unpaired) electrons. The fraction of sp³-hybridized carbons (Fsp3) is 0.438. The molecule has 1 aliphatic rings. The summed E-state index contributed by atoms with van der Waals surface area (Å²) in [6.07, 6.45) is 8.61. The van der Waals surface area contributed by atoms with Gasteiger partial charge in [-0.15, -0.1) is 0 Å². The second-order valence-electron chi connectivity index (χ2n) is 5.62. The number of aryl methyl sites for hydroxylation is 1. The number of rotatable bonds is 3. The molecule has 0 aromatic carbocycles. The molecule has 21 heavy (non-hydrogen) atoms. The molecule has 0 N–H and O–H groups in total. The van der Waals surface area contributed by atoms with Crippen molar-refractivity contribution in [3.8, 4) is 0 Å². The highest BCUT2D eigenvalue weighted by atomic mass is 19.1. The molecule has 2 aromatic rings. The topological polar surface area (TPSA) is 41.9 Å². The maximum Gasteiger partial charge on any atom is 0.141 e. The van der Waals surface area contributed by atoms with E-state index in [-0.39, 0.29) is 5.82 Å². The van der Waals surface area contributed by atoms with Gasteiger partial charge >= 0.3 is 0 Å². The van der Waals surface area contributed by atoms with Gasteiger partial charge in [0.15, 0.2) is 0 Å². The van der Waals surface area contributed by atoms with Crippen molar-refractivity contribution in [2.24, 2.45) is 0 Å². The summed E-state index contributed by atoms with van der Waals surface area (Å²) in [6.45, 7) is 4.92. The van der Waals surface area contributed by atoms with Crippen molar-refractivity contribution in [2.45, 2.75) is 32.2 Å². The van der Waals surface area contributed by atoms with Crippen LogP contribution in [0.2, 0.25) is 0 Å². The third-order valence-electron chi connectivity index (χ3n) is 4.19. The van der Waals surface area contributed by atoms with Gasteiger partial charge in [-0.05, 0) is 50.4 Å². The predicted octanol–water partition coefficient (Wildman–Crippen LogP) is 2.70. The van der Waals surface area contributed by atoms with Crippen LogP contribution in [0.4, 0.5) is 4.39 Å². The highest BCUT2D eigenvalue weighted by Crippen LogP contribution is 2.28. The van der Waals surface area contributed by atoms with E-state index in [0.29, 0.717) is 5.92 Å². The van der Waals surface area contributed by atoms with Gasteiger partial charge in [0, 0.05) is 30.2 Å². The summed E-state index contributed by atoms with van der Waals surface area (Å²) in [5.41, 5.74) is 3.25. The van der Waals surface area contributed by atoms with Crippen LogP contribution in [0, 0.1) is 12.7 Å². The van der Waals surface area contributed by atoms with E-state index in [1.54, 1.807) is 18.6 Å². The Morgan fingerprint density at radius 3 is 2.71 bits per heavy atom. The maximum absolute atomic E-state index is 13.2. The molecular formula is C16H19FN4. The summed E-state index contributed by atoms with van der Waals surface area (Å²) in [5, 5.41) is 0. The third-order valence-corrected chi connectivity index (χ3v) is 4.19. The number of likely N-dealkylation sites (tertiary alicyclic amines) is 1. The Hall–Kier alpha value is -1.88. The molecule has 0 unspecified atom stereocenters. The smallest absolute Gasteiger partial charge is 0.141 e. The summed E-state index contributed by atoms with van der Waals surface area (Å²) in [6, 6.07) is 1.61. The fourth-order valence-electron chi connectivity index (χ4n) is 2.89. The van der Waals surface area contributed by atoms with E-state index >= 15 is 0 Å². The van der Waals surface area contributed by atoms with Crippen LogP contribution in [0.15, 0.2) is 31.0 Å². The van der Waals surface area contributed by atoms with Gasteiger partial charge in [0.25, 0.3) is 0 Å². The molecule has 110 valence electrons. The Morgan fingerprint density at radius 2 is 2.00 bits per heavy atom. The predicted molar refractivity (Wildman–Crippen MR) is 78.2 cm³/mol. The molecule has 0 spiro atoms. The summed E-state index contributed by atoms with van der Waals surface area (Å²) < 4.78 is 13.2. The van der Waals surface area contributed by atoms with Crippen LogP contribution in [0.3, 0.4) is 0 Å². The molecule has 1 saturated heterocycles. The van der Waals surface area contributed by atoms with Gasteiger partial charge in [0.1, 0.15) is 12.1 Å². The lowest BCUT2D eigenvalue weighted by atomic mass is 9.90. The number of piperidine rings is 1. The molecule has 5 heteroatoms. The Balaban J connectivity index is 1.59. The van der Waals surface area contributed by atoms with E-state index in [1.165, 1.54) is 11.8 Å². The first-order valence-electron chi connectivity index (χ1n) is 7.30. The summed E-state index contributed by atoms with van der Waals surface area (Å²) in [5.74, 6) is 0.171. The Kier molecular flexibility index (Phi) is 4.20. The maximum atomic E-state index is 13.2. The number of aromatic nitrogens is 3. The SMILES string of the molecule is Cc1ncncc1CN1CCC(c2cncc(F)c2)CC1. The van der Waals surface area contributed by atoms with Crippen molar-refractivity contribution in [3.05, 3.63) is 53.6 Å². The number of halogens is 1. The molecule has 3 heterocycles. The zero-order valence-electron chi connectivity index (χ0n) is 12.2. The molecule has 0 saturated carbocycles. The van der Waals surface area contributed by atoms with Crippen LogP contribution >= 0.6 is 0 Å². The average molecular weight is 286 g/mol. The molecule has 0 bridgehead atoms. The van der Waals surface area contributed by atoms with Gasteiger partial charge in [0.2, 0.25) is 0 Å². The van der Waals surface area contributed by atoms with Gasteiger partial charge in [-0.3, -0.25) is 9.88 Å². The van der Waals surface area contributed by atoms with Crippen LogP contribution < -0.4 is 0 Å². The lowest BCUT2D eigenvalue weighted by Gasteiger charge is -2.32. The zero-order chi connectivity index (χ0) is 14.7. The summed E-state index contributed by atoms with van der Waals surface area (Å²) in [4.78, 5) is 14.7. The van der Waals surface area contributed by atoms with E-state index in [9.17, 15) is 4.39 Å². The van der Waals surface area contributed by atoms with E-state index in [2.05, 4.69) is 19.9 Å². The van der Waals surface area contributed by atoms with Crippen LogP contribution in [0.5, 0.6) is 0 Å². The van der Waals surface area contributed by atoms with E-state index in [1.807, 2.05) is 13.1 Å². The van der Waals surface area contributed by atoms with Crippen molar-refractivity contribution in [1.82, 2.24) is 19.9 Å². The first-order chi connectivity index (χ1) is 10.2. The Morgan fingerprint density at radius 1 is 1.19 bits per heavy atom. The Labute approximate surface area is 124 Å². The van der Waals surface area contributed by atoms with Crippen molar-refractivity contribution >= 4 is 0 Å². The molecule has 3 rings (SSSR count). The fourth-order valence-corrected chi connectivity index (χ4v) is 2.89. The van der Waals surface area contributed by atoms with Gasteiger partial charge in [-0.25, -0.2) is 14.4 Å². The monoisotopic (exact) mass is 286 g/mol. The largest absolute Gasteiger partial charge is 0.299 e. The molecular weight excluding hydrogens is 267 g/mol. The first-order valence-corrected chi connectivity index (χ1v) is 7.30. The first kappa shape index (κ1) is 14.1. The third kappa shape index (κ3) is 3.42. The van der Waals surface area contributed by atoms with Crippen molar-refractivity contribution in [3.63, 3.8) is 0 Å². The van der Waals surface area contributed by atoms with Crippen LogP contribution in [-0.4, -0.2) is 32.9 Å².